The molecule has 0 saturated carbocycles. The summed E-state index contributed by atoms with van der Waals surface area (Å²) in [5.74, 6) is 0. The van der Waals surface area contributed by atoms with Crippen LogP contribution in [0.3, 0.4) is 0 Å². The Labute approximate surface area is 224 Å². The molecule has 0 saturated heterocycles. The molecule has 0 unspecified atom stereocenters. The molecule has 0 nitrogen and oxygen atoms in total. The summed E-state index contributed by atoms with van der Waals surface area (Å²) in [5.41, 5.74) is 1.62. The smallest absolute Gasteiger partial charge is 1.00 e. The molecular weight excluding hydrogens is 507 g/mol. The van der Waals surface area contributed by atoms with Crippen molar-refractivity contribution in [3.8, 4) is 0 Å². The van der Waals surface area contributed by atoms with Gasteiger partial charge >= 0.3 is 188 Å². The number of rotatable bonds is 7. The van der Waals surface area contributed by atoms with Gasteiger partial charge in [0.25, 0.3) is 0 Å². The number of halogens is 3. The van der Waals surface area contributed by atoms with Gasteiger partial charge in [0, 0.05) is 0 Å². The Balaban J connectivity index is 0.00000171. The predicted molar refractivity (Wildman–Crippen MR) is 123 cm³/mol. The summed E-state index contributed by atoms with van der Waals surface area (Å²) < 4.78 is 1.49. The second kappa shape index (κ2) is 13.6. The molecule has 0 N–H and O–H groups in total. The Kier molecular flexibility index (Phi) is 12.3. The third kappa shape index (κ3) is 5.53. The van der Waals surface area contributed by atoms with E-state index >= 15 is 0 Å². The first-order chi connectivity index (χ1) is 14.3. The molecule has 3 aromatic rings. The van der Waals surface area contributed by atoms with E-state index in [1.54, 1.807) is 10.8 Å². The summed E-state index contributed by atoms with van der Waals surface area (Å²) in [6, 6.07) is 33.9. The summed E-state index contributed by atoms with van der Waals surface area (Å²) in [5, 5.41) is 6.16. The summed E-state index contributed by atoms with van der Waals surface area (Å²) in [7, 11) is -2.32. The third-order valence-electron chi connectivity index (χ3n) is 6.05. The van der Waals surface area contributed by atoms with Crippen LogP contribution in [0.2, 0.25) is 0 Å². The molecule has 0 bridgehead atoms. The van der Waals surface area contributed by atoms with Crippen molar-refractivity contribution in [1.29, 1.82) is 0 Å². The van der Waals surface area contributed by atoms with Gasteiger partial charge in [-0.05, 0) is 0 Å². The summed E-state index contributed by atoms with van der Waals surface area (Å²) in [6.45, 7) is 2.30. The summed E-state index contributed by atoms with van der Waals surface area (Å²) in [6.07, 6.45) is 7.23. The first-order valence-electron chi connectivity index (χ1n) is 10.6. The zero-order valence-corrected chi connectivity index (χ0v) is 23.0. The van der Waals surface area contributed by atoms with Crippen molar-refractivity contribution in [2.75, 3.05) is 0 Å². The van der Waals surface area contributed by atoms with Gasteiger partial charge in [-0.2, -0.15) is 0 Å². The van der Waals surface area contributed by atoms with Gasteiger partial charge in [0.15, 0.2) is 0 Å². The molecule has 1 aliphatic carbocycles. The minimum atomic E-state index is -2.32. The van der Waals surface area contributed by atoms with E-state index in [4.69, 9.17) is 0 Å². The molecule has 3 aromatic carbocycles. The molecule has 1 aliphatic rings. The quantitative estimate of drug-likeness (QED) is 0.215. The molecule has 0 spiro atoms. The van der Waals surface area contributed by atoms with Gasteiger partial charge in [-0.3, -0.25) is 0 Å². The van der Waals surface area contributed by atoms with Crippen LogP contribution < -0.4 is 52.8 Å². The van der Waals surface area contributed by atoms with Crippen molar-refractivity contribution < 1.29 is 57.7 Å². The fraction of sp³-hybridized carbons (Fsp3) is 0.185. The number of benzene rings is 3. The van der Waals surface area contributed by atoms with Crippen molar-refractivity contribution in [1.82, 2.24) is 0 Å². The van der Waals surface area contributed by atoms with E-state index in [1.807, 2.05) is 0 Å². The molecule has 0 atom stereocenters. The van der Waals surface area contributed by atoms with Crippen molar-refractivity contribution in [2.24, 2.45) is 0 Å². The molecule has 0 aromatic heterocycles. The molecule has 4 rings (SSSR count). The topological polar surface area (TPSA) is 0 Å². The van der Waals surface area contributed by atoms with E-state index < -0.39 is 8.07 Å². The van der Waals surface area contributed by atoms with Crippen LogP contribution in [0.15, 0.2) is 112 Å². The molecular formula is C27H27Cl3SiTi. The Morgan fingerprint density at radius 3 is 1.47 bits per heavy atom. The SMILES string of the molecule is CCCCC1=C([Si](c2ccccc2)(c2ccccc2)c2ccccc2)CC=[C]1[Ti+3].[Cl-].[Cl-].[Cl-]. The van der Waals surface area contributed by atoms with Gasteiger partial charge in [-0.1, -0.05) is 0 Å². The van der Waals surface area contributed by atoms with Crippen LogP contribution in [0.4, 0.5) is 0 Å². The minimum absolute atomic E-state index is 0. The van der Waals surface area contributed by atoms with Crippen LogP contribution in [0.5, 0.6) is 0 Å². The van der Waals surface area contributed by atoms with E-state index in [9.17, 15) is 0 Å². The van der Waals surface area contributed by atoms with Crippen molar-refractivity contribution >= 4 is 23.6 Å². The van der Waals surface area contributed by atoms with E-state index in [2.05, 4.69) is 124 Å². The van der Waals surface area contributed by atoms with Crippen molar-refractivity contribution in [3.63, 3.8) is 0 Å². The standard InChI is InChI=1S/C27H27Si.3ClH.Ti/c1-2-3-14-23-15-13-22-27(23)28(24-16-7-4-8-17-24,25-18-9-5-10-19-25)26-20-11-6-12-21-26;;;;/h4-13,16-21H,2-3,14,22H2,1H3;3*1H;/q;;;;+3/p-3. The summed E-state index contributed by atoms with van der Waals surface area (Å²) >= 11 is 2.32. The third-order valence-corrected chi connectivity index (χ3v) is 11.9. The maximum Gasteiger partial charge on any atom is -1.00 e. The number of hydrogen-bond donors (Lipinski definition) is 0. The fourth-order valence-corrected chi connectivity index (χ4v) is 10.7. The Morgan fingerprint density at radius 2 is 1.09 bits per heavy atom. The molecule has 32 heavy (non-hydrogen) atoms. The molecule has 0 heterocycles. The van der Waals surface area contributed by atoms with Gasteiger partial charge in [0.05, 0.1) is 0 Å². The number of allylic oxidation sites excluding steroid dienone is 4. The maximum atomic E-state index is 2.47. The van der Waals surface area contributed by atoms with Crippen LogP contribution in [-0.4, -0.2) is 8.07 Å². The molecule has 0 radical (unpaired) electrons. The monoisotopic (exact) mass is 532 g/mol. The van der Waals surface area contributed by atoms with Gasteiger partial charge in [-0.15, -0.1) is 0 Å². The van der Waals surface area contributed by atoms with E-state index in [1.165, 1.54) is 38.7 Å². The molecule has 0 amide bonds. The normalized spacial score (nSPS) is 12.9. The Hall–Kier alpha value is -1.06. The largest absolute Gasteiger partial charge is 1.00 e. The van der Waals surface area contributed by atoms with Crippen LogP contribution in [0.25, 0.3) is 0 Å². The zero-order valence-electron chi connectivity index (χ0n) is 18.2. The van der Waals surface area contributed by atoms with E-state index in [-0.39, 0.29) is 37.2 Å². The van der Waals surface area contributed by atoms with Crippen molar-refractivity contribution in [3.05, 3.63) is 112 Å². The van der Waals surface area contributed by atoms with Gasteiger partial charge in [0.1, 0.15) is 0 Å². The number of unbranched alkanes of at least 4 members (excludes halogenated alkanes) is 1. The molecule has 0 aliphatic heterocycles. The van der Waals surface area contributed by atoms with E-state index in [0.717, 1.165) is 6.42 Å². The van der Waals surface area contributed by atoms with E-state index in [0.29, 0.717) is 0 Å². The first-order valence-corrected chi connectivity index (χ1v) is 13.4. The Morgan fingerprint density at radius 1 is 0.688 bits per heavy atom. The van der Waals surface area contributed by atoms with Gasteiger partial charge < -0.3 is 37.2 Å². The molecule has 5 heteroatoms. The average Bonchev–Trinajstić information content (AvgIpc) is 3.16. The first kappa shape index (κ1) is 29.0. The van der Waals surface area contributed by atoms with Crippen LogP contribution in [0.1, 0.15) is 32.6 Å². The fourth-order valence-electron chi connectivity index (χ4n) is 4.72. The predicted octanol–water partition coefficient (Wildman–Crippen LogP) is -3.97. The second-order valence-corrected chi connectivity index (χ2v) is 12.4. The molecule has 0 fully saturated rings. The Bertz CT molecular complexity index is 922. The molecule has 164 valence electrons. The van der Waals surface area contributed by atoms with Gasteiger partial charge in [-0.25, -0.2) is 0 Å². The summed E-state index contributed by atoms with van der Waals surface area (Å²) in [4.78, 5) is 0. The van der Waals surface area contributed by atoms with Gasteiger partial charge in [0.2, 0.25) is 0 Å². The minimum Gasteiger partial charge on any atom is -1.00 e. The second-order valence-electron chi connectivity index (χ2n) is 7.73. The average molecular weight is 534 g/mol. The van der Waals surface area contributed by atoms with Crippen LogP contribution in [-0.2, 0) is 20.4 Å². The zero-order chi connectivity index (χ0) is 20.1. The maximum absolute atomic E-state index is 2.47. The van der Waals surface area contributed by atoms with Crippen LogP contribution in [0, 0.1) is 0 Å². The van der Waals surface area contributed by atoms with Crippen LogP contribution >= 0.6 is 0 Å². The number of hydrogen-bond acceptors (Lipinski definition) is 0. The van der Waals surface area contributed by atoms with Crippen molar-refractivity contribution in [2.45, 2.75) is 32.6 Å².